The number of nitrogens with zero attached hydrogens (tertiary/aromatic N) is 1. The van der Waals surface area contributed by atoms with Crippen molar-refractivity contribution in [3.05, 3.63) is 89.4 Å². The predicted molar refractivity (Wildman–Crippen MR) is 99.3 cm³/mol. The first-order chi connectivity index (χ1) is 12.6. The Bertz CT molecular complexity index is 929. The van der Waals surface area contributed by atoms with Crippen molar-refractivity contribution in [1.29, 1.82) is 0 Å². The number of hydrogen-bond donors (Lipinski definition) is 2. The monoisotopic (exact) mass is 347 g/mol. The minimum Gasteiger partial charge on any atom is -0.463 e. The van der Waals surface area contributed by atoms with Crippen LogP contribution in [0.25, 0.3) is 0 Å². The molecule has 1 aromatic heterocycles. The molecule has 0 aliphatic rings. The van der Waals surface area contributed by atoms with E-state index in [-0.39, 0.29) is 11.8 Å². The van der Waals surface area contributed by atoms with Gasteiger partial charge in [0, 0.05) is 16.8 Å². The van der Waals surface area contributed by atoms with Crippen LogP contribution < -0.4 is 10.7 Å². The molecule has 0 bridgehead atoms. The molecule has 0 radical (unpaired) electrons. The van der Waals surface area contributed by atoms with Gasteiger partial charge in [0.15, 0.2) is 0 Å². The van der Waals surface area contributed by atoms with Crippen molar-refractivity contribution in [1.82, 2.24) is 5.43 Å². The van der Waals surface area contributed by atoms with Gasteiger partial charge in [-0.15, -0.1) is 0 Å². The van der Waals surface area contributed by atoms with E-state index in [0.29, 0.717) is 22.6 Å². The summed E-state index contributed by atoms with van der Waals surface area (Å²) in [6.45, 7) is 1.93. The van der Waals surface area contributed by atoms with Gasteiger partial charge in [-0.2, -0.15) is 5.10 Å². The van der Waals surface area contributed by atoms with E-state index in [1.54, 1.807) is 42.5 Å². The van der Waals surface area contributed by atoms with E-state index < -0.39 is 0 Å². The van der Waals surface area contributed by atoms with Crippen LogP contribution in [0.2, 0.25) is 0 Å². The Balaban J connectivity index is 1.59. The SMILES string of the molecule is Cc1cccc(C(=O)Nc2ccc(C(=O)N/N=C\c3ccco3)cc2)c1. The Morgan fingerprint density at radius 3 is 2.46 bits per heavy atom. The fourth-order valence-corrected chi connectivity index (χ4v) is 2.28. The van der Waals surface area contributed by atoms with Gasteiger partial charge in [-0.25, -0.2) is 5.43 Å². The molecule has 26 heavy (non-hydrogen) atoms. The summed E-state index contributed by atoms with van der Waals surface area (Å²) in [6.07, 6.45) is 2.93. The number of nitrogens with one attached hydrogen (secondary N) is 2. The molecule has 0 spiro atoms. The molecule has 2 aromatic carbocycles. The molecule has 0 atom stereocenters. The summed E-state index contributed by atoms with van der Waals surface area (Å²) in [7, 11) is 0. The van der Waals surface area contributed by atoms with Gasteiger partial charge in [0.05, 0.1) is 12.5 Å². The number of rotatable bonds is 5. The van der Waals surface area contributed by atoms with E-state index in [0.717, 1.165) is 5.56 Å². The molecule has 2 N–H and O–H groups in total. The van der Waals surface area contributed by atoms with Gasteiger partial charge in [0.1, 0.15) is 5.76 Å². The van der Waals surface area contributed by atoms with Crippen LogP contribution in [0.4, 0.5) is 5.69 Å². The van der Waals surface area contributed by atoms with Crippen LogP contribution in [-0.4, -0.2) is 18.0 Å². The van der Waals surface area contributed by atoms with Crippen LogP contribution in [0, 0.1) is 6.92 Å². The van der Waals surface area contributed by atoms with E-state index in [2.05, 4.69) is 15.8 Å². The normalized spacial score (nSPS) is 10.7. The van der Waals surface area contributed by atoms with Crippen LogP contribution >= 0.6 is 0 Å². The maximum absolute atomic E-state index is 12.2. The molecule has 2 amide bonds. The average molecular weight is 347 g/mol. The third-order valence-electron chi connectivity index (χ3n) is 3.59. The molecule has 0 saturated carbocycles. The Hall–Kier alpha value is -3.67. The van der Waals surface area contributed by atoms with Crippen LogP contribution in [0.3, 0.4) is 0 Å². The number of anilines is 1. The minimum absolute atomic E-state index is 0.200. The smallest absolute Gasteiger partial charge is 0.271 e. The van der Waals surface area contributed by atoms with Gasteiger partial charge in [-0.05, 0) is 55.5 Å². The van der Waals surface area contributed by atoms with Crippen molar-refractivity contribution in [3.63, 3.8) is 0 Å². The van der Waals surface area contributed by atoms with E-state index in [9.17, 15) is 9.59 Å². The first kappa shape index (κ1) is 17.2. The fraction of sp³-hybridized carbons (Fsp3) is 0.0500. The van der Waals surface area contributed by atoms with Gasteiger partial charge in [0.2, 0.25) is 0 Å². The molecule has 6 heteroatoms. The standard InChI is InChI=1S/C20H17N3O3/c1-14-4-2-5-16(12-14)19(24)22-17-9-7-15(8-10-17)20(25)23-21-13-18-6-3-11-26-18/h2-13H,1H3,(H,22,24)(H,23,25)/b21-13-. The van der Waals surface area contributed by atoms with E-state index in [1.165, 1.54) is 12.5 Å². The molecule has 130 valence electrons. The Labute approximate surface area is 150 Å². The number of amides is 2. The summed E-state index contributed by atoms with van der Waals surface area (Å²) in [4.78, 5) is 24.2. The van der Waals surface area contributed by atoms with Crippen LogP contribution in [0.1, 0.15) is 32.0 Å². The van der Waals surface area contributed by atoms with Gasteiger partial charge in [-0.3, -0.25) is 9.59 Å². The second kappa shape index (κ2) is 7.94. The largest absolute Gasteiger partial charge is 0.463 e. The van der Waals surface area contributed by atoms with Gasteiger partial charge >= 0.3 is 0 Å². The fourth-order valence-electron chi connectivity index (χ4n) is 2.28. The van der Waals surface area contributed by atoms with Crippen LogP contribution in [0.15, 0.2) is 76.4 Å². The molecule has 1 heterocycles. The second-order valence-corrected chi connectivity index (χ2v) is 5.62. The topological polar surface area (TPSA) is 83.7 Å². The third kappa shape index (κ3) is 4.45. The van der Waals surface area contributed by atoms with Crippen molar-refractivity contribution in [3.8, 4) is 0 Å². The third-order valence-corrected chi connectivity index (χ3v) is 3.59. The number of carbonyl (C=O) groups excluding carboxylic acids is 2. The number of hydrazone groups is 1. The van der Waals surface area contributed by atoms with E-state index >= 15 is 0 Å². The number of aryl methyl sites for hydroxylation is 1. The Morgan fingerprint density at radius 2 is 1.77 bits per heavy atom. The lowest BCUT2D eigenvalue weighted by Gasteiger charge is -2.07. The molecule has 3 aromatic rings. The molecular formula is C20H17N3O3. The molecule has 6 nitrogen and oxygen atoms in total. The van der Waals surface area contributed by atoms with Crippen molar-refractivity contribution >= 4 is 23.7 Å². The van der Waals surface area contributed by atoms with Crippen LogP contribution in [-0.2, 0) is 0 Å². The second-order valence-electron chi connectivity index (χ2n) is 5.62. The highest BCUT2D eigenvalue weighted by atomic mass is 16.3. The highest BCUT2D eigenvalue weighted by Crippen LogP contribution is 2.12. The molecule has 0 saturated heterocycles. The highest BCUT2D eigenvalue weighted by molar-refractivity contribution is 6.04. The Morgan fingerprint density at radius 1 is 0.962 bits per heavy atom. The average Bonchev–Trinajstić information content (AvgIpc) is 3.15. The predicted octanol–water partition coefficient (Wildman–Crippen LogP) is 3.60. The highest BCUT2D eigenvalue weighted by Gasteiger charge is 2.08. The summed E-state index contributed by atoms with van der Waals surface area (Å²) in [5, 5.41) is 6.62. The Kier molecular flexibility index (Phi) is 5.24. The first-order valence-corrected chi connectivity index (χ1v) is 7.97. The van der Waals surface area contributed by atoms with E-state index in [4.69, 9.17) is 4.42 Å². The van der Waals surface area contributed by atoms with E-state index in [1.807, 2.05) is 25.1 Å². The van der Waals surface area contributed by atoms with Gasteiger partial charge in [-0.1, -0.05) is 17.7 Å². The van der Waals surface area contributed by atoms with Gasteiger partial charge < -0.3 is 9.73 Å². The van der Waals surface area contributed by atoms with Crippen molar-refractivity contribution < 1.29 is 14.0 Å². The maximum Gasteiger partial charge on any atom is 0.271 e. The minimum atomic E-state index is -0.357. The first-order valence-electron chi connectivity index (χ1n) is 7.97. The summed E-state index contributed by atoms with van der Waals surface area (Å²) in [5.41, 5.74) is 5.04. The molecule has 0 aliphatic heterocycles. The number of hydrogen-bond acceptors (Lipinski definition) is 4. The molecule has 3 rings (SSSR count). The number of carbonyl (C=O) groups is 2. The van der Waals surface area contributed by atoms with Crippen molar-refractivity contribution in [2.24, 2.45) is 5.10 Å². The van der Waals surface area contributed by atoms with Crippen molar-refractivity contribution in [2.75, 3.05) is 5.32 Å². The maximum atomic E-state index is 12.2. The molecule has 0 aliphatic carbocycles. The molecular weight excluding hydrogens is 330 g/mol. The zero-order valence-corrected chi connectivity index (χ0v) is 14.1. The summed E-state index contributed by atoms with van der Waals surface area (Å²) >= 11 is 0. The number of benzene rings is 2. The summed E-state index contributed by atoms with van der Waals surface area (Å²) < 4.78 is 5.08. The molecule has 0 fully saturated rings. The lowest BCUT2D eigenvalue weighted by molar-refractivity contribution is 0.0954. The lowest BCUT2D eigenvalue weighted by Crippen LogP contribution is -2.17. The van der Waals surface area contributed by atoms with Crippen LogP contribution in [0.5, 0.6) is 0 Å². The van der Waals surface area contributed by atoms with Crippen molar-refractivity contribution in [2.45, 2.75) is 6.92 Å². The zero-order chi connectivity index (χ0) is 18.4. The number of furan rings is 1. The molecule has 0 unspecified atom stereocenters. The van der Waals surface area contributed by atoms with Gasteiger partial charge in [0.25, 0.3) is 11.8 Å². The summed E-state index contributed by atoms with van der Waals surface area (Å²) in [6, 6.07) is 17.3. The summed E-state index contributed by atoms with van der Waals surface area (Å²) in [5.74, 6) is -0.0159. The zero-order valence-electron chi connectivity index (χ0n) is 14.1. The quantitative estimate of drug-likeness (QED) is 0.546. The lowest BCUT2D eigenvalue weighted by atomic mass is 10.1.